The van der Waals surface area contributed by atoms with Crippen molar-refractivity contribution in [1.82, 2.24) is 5.32 Å². The molecule has 0 spiro atoms. The number of benzene rings is 1. The zero-order chi connectivity index (χ0) is 19.3. The number of carboxylic acids is 1. The Morgan fingerprint density at radius 3 is 2.38 bits per heavy atom. The molecule has 26 heavy (non-hydrogen) atoms. The van der Waals surface area contributed by atoms with E-state index >= 15 is 0 Å². The maximum atomic E-state index is 12.2. The summed E-state index contributed by atoms with van der Waals surface area (Å²) in [5.41, 5.74) is 0.358. The Labute approximate surface area is 151 Å². The molecule has 0 aliphatic carbocycles. The van der Waals surface area contributed by atoms with Gasteiger partial charge in [-0.3, -0.25) is 4.79 Å². The molecule has 0 aliphatic heterocycles. The van der Waals surface area contributed by atoms with E-state index in [-0.39, 0.29) is 28.5 Å². The standard InChI is InChI=1S/C18H21NO6S/c1-3-4-9-26(23,24)15-7-5-13(6-8-15)17(20)19-11-14-10-16(18(21)22)12(2)25-14/h5-8,10H,3-4,9,11H2,1-2H3,(H,19,20)(H,21,22). The molecule has 0 saturated heterocycles. The lowest BCUT2D eigenvalue weighted by Gasteiger charge is -2.06. The molecule has 140 valence electrons. The van der Waals surface area contributed by atoms with Gasteiger partial charge in [0.05, 0.1) is 17.2 Å². The summed E-state index contributed by atoms with van der Waals surface area (Å²) in [7, 11) is -3.33. The lowest BCUT2D eigenvalue weighted by Crippen LogP contribution is -2.22. The van der Waals surface area contributed by atoms with Gasteiger partial charge in [-0.05, 0) is 43.7 Å². The van der Waals surface area contributed by atoms with Crippen LogP contribution in [0.5, 0.6) is 0 Å². The van der Waals surface area contributed by atoms with E-state index in [1.165, 1.54) is 37.3 Å². The third-order valence-corrected chi connectivity index (χ3v) is 5.68. The van der Waals surface area contributed by atoms with Gasteiger partial charge in [0.15, 0.2) is 9.84 Å². The quantitative estimate of drug-likeness (QED) is 0.729. The number of aromatic carboxylic acids is 1. The average molecular weight is 379 g/mol. The van der Waals surface area contributed by atoms with Gasteiger partial charge >= 0.3 is 5.97 Å². The summed E-state index contributed by atoms with van der Waals surface area (Å²) in [5.74, 6) is -0.828. The van der Waals surface area contributed by atoms with Gasteiger partial charge < -0.3 is 14.8 Å². The number of carbonyl (C=O) groups excluding carboxylic acids is 1. The summed E-state index contributed by atoms with van der Waals surface area (Å²) >= 11 is 0. The van der Waals surface area contributed by atoms with E-state index in [1.807, 2.05) is 6.92 Å². The van der Waals surface area contributed by atoms with Crippen LogP contribution in [0.4, 0.5) is 0 Å². The van der Waals surface area contributed by atoms with Crippen molar-refractivity contribution in [3.05, 3.63) is 53.0 Å². The fourth-order valence-corrected chi connectivity index (χ4v) is 3.83. The molecular weight excluding hydrogens is 358 g/mol. The topological polar surface area (TPSA) is 114 Å². The predicted octanol–water partition coefficient (Wildman–Crippen LogP) is 2.79. The number of furan rings is 1. The van der Waals surface area contributed by atoms with Crippen LogP contribution >= 0.6 is 0 Å². The summed E-state index contributed by atoms with van der Waals surface area (Å²) in [6.07, 6.45) is 1.38. The monoisotopic (exact) mass is 379 g/mol. The molecule has 0 aliphatic rings. The molecule has 0 radical (unpaired) electrons. The molecule has 0 fully saturated rings. The highest BCUT2D eigenvalue weighted by molar-refractivity contribution is 7.91. The van der Waals surface area contributed by atoms with Crippen molar-refractivity contribution in [3.63, 3.8) is 0 Å². The number of nitrogens with one attached hydrogen (secondary N) is 1. The van der Waals surface area contributed by atoms with Crippen LogP contribution in [0.1, 0.15) is 52.0 Å². The number of rotatable bonds is 8. The van der Waals surface area contributed by atoms with E-state index in [9.17, 15) is 18.0 Å². The minimum atomic E-state index is -3.33. The van der Waals surface area contributed by atoms with E-state index in [4.69, 9.17) is 9.52 Å². The number of amides is 1. The highest BCUT2D eigenvalue weighted by Gasteiger charge is 2.16. The van der Waals surface area contributed by atoms with Crippen LogP contribution in [0.15, 0.2) is 39.6 Å². The molecule has 2 rings (SSSR count). The van der Waals surface area contributed by atoms with Crippen LogP contribution in [-0.2, 0) is 16.4 Å². The Balaban J connectivity index is 2.02. The maximum Gasteiger partial charge on any atom is 0.339 e. The minimum Gasteiger partial charge on any atom is -0.478 e. The van der Waals surface area contributed by atoms with Crippen LogP contribution < -0.4 is 5.32 Å². The molecular formula is C18H21NO6S. The van der Waals surface area contributed by atoms with Crippen LogP contribution in [0.25, 0.3) is 0 Å². The normalized spacial score (nSPS) is 11.3. The molecule has 7 nitrogen and oxygen atoms in total. The number of carbonyl (C=O) groups is 2. The van der Waals surface area contributed by atoms with Gasteiger partial charge in [0.2, 0.25) is 0 Å². The SMILES string of the molecule is CCCCS(=O)(=O)c1ccc(C(=O)NCc2cc(C(=O)O)c(C)o2)cc1. The van der Waals surface area contributed by atoms with Crippen LogP contribution in [0.3, 0.4) is 0 Å². The molecule has 0 atom stereocenters. The summed E-state index contributed by atoms with van der Waals surface area (Å²) < 4.78 is 29.5. The first kappa shape index (κ1) is 19.7. The van der Waals surface area contributed by atoms with Gasteiger partial charge in [-0.2, -0.15) is 0 Å². The van der Waals surface area contributed by atoms with E-state index in [1.54, 1.807) is 0 Å². The van der Waals surface area contributed by atoms with Crippen LogP contribution in [0, 0.1) is 6.92 Å². The number of carboxylic acid groups (broad SMARTS) is 1. The smallest absolute Gasteiger partial charge is 0.339 e. The van der Waals surface area contributed by atoms with Crippen LogP contribution in [-0.4, -0.2) is 31.2 Å². The van der Waals surface area contributed by atoms with Crippen molar-refractivity contribution in [1.29, 1.82) is 0 Å². The molecule has 1 heterocycles. The molecule has 1 aromatic heterocycles. The first-order chi connectivity index (χ1) is 12.2. The third-order valence-electron chi connectivity index (χ3n) is 3.86. The van der Waals surface area contributed by atoms with Gasteiger partial charge in [0, 0.05) is 5.56 Å². The number of hydrogen-bond acceptors (Lipinski definition) is 5. The Kier molecular flexibility index (Phi) is 6.20. The van der Waals surface area contributed by atoms with Gasteiger partial charge in [0.1, 0.15) is 17.1 Å². The van der Waals surface area contributed by atoms with Crippen molar-refractivity contribution in [2.24, 2.45) is 0 Å². The maximum absolute atomic E-state index is 12.2. The lowest BCUT2D eigenvalue weighted by atomic mass is 10.2. The second-order valence-corrected chi connectivity index (χ2v) is 7.98. The fraction of sp³-hybridized carbons (Fsp3) is 0.333. The van der Waals surface area contributed by atoms with Gasteiger partial charge in [0.25, 0.3) is 5.91 Å². The molecule has 0 bridgehead atoms. The zero-order valence-corrected chi connectivity index (χ0v) is 15.4. The number of sulfone groups is 1. The first-order valence-corrected chi connectivity index (χ1v) is 9.83. The van der Waals surface area contributed by atoms with Crippen LogP contribution in [0.2, 0.25) is 0 Å². The molecule has 0 unspecified atom stereocenters. The van der Waals surface area contributed by atoms with E-state index in [0.717, 1.165) is 6.42 Å². The first-order valence-electron chi connectivity index (χ1n) is 8.18. The third kappa shape index (κ3) is 4.72. The molecule has 0 saturated carbocycles. The molecule has 2 N–H and O–H groups in total. The Morgan fingerprint density at radius 2 is 1.85 bits per heavy atom. The fourth-order valence-electron chi connectivity index (χ4n) is 2.38. The minimum absolute atomic E-state index is 0.0313. The Hall–Kier alpha value is -2.61. The summed E-state index contributed by atoms with van der Waals surface area (Å²) in [4.78, 5) is 23.3. The summed E-state index contributed by atoms with van der Waals surface area (Å²) in [6, 6.07) is 7.09. The summed E-state index contributed by atoms with van der Waals surface area (Å²) in [6.45, 7) is 3.48. The van der Waals surface area contributed by atoms with Crippen molar-refractivity contribution >= 4 is 21.7 Å². The summed E-state index contributed by atoms with van der Waals surface area (Å²) in [5, 5.41) is 11.6. The molecule has 8 heteroatoms. The second-order valence-electron chi connectivity index (χ2n) is 5.87. The van der Waals surface area contributed by atoms with Crippen molar-refractivity contribution in [2.45, 2.75) is 38.1 Å². The highest BCUT2D eigenvalue weighted by Crippen LogP contribution is 2.16. The molecule has 1 aromatic carbocycles. The van der Waals surface area contributed by atoms with Crippen molar-refractivity contribution in [2.75, 3.05) is 5.75 Å². The van der Waals surface area contributed by atoms with E-state index in [0.29, 0.717) is 17.7 Å². The van der Waals surface area contributed by atoms with Gasteiger partial charge in [-0.15, -0.1) is 0 Å². The molecule has 1 amide bonds. The largest absolute Gasteiger partial charge is 0.478 e. The average Bonchev–Trinajstić information content (AvgIpc) is 2.99. The van der Waals surface area contributed by atoms with Crippen molar-refractivity contribution < 1.29 is 27.5 Å². The second kappa shape index (κ2) is 8.18. The van der Waals surface area contributed by atoms with Crippen molar-refractivity contribution in [3.8, 4) is 0 Å². The van der Waals surface area contributed by atoms with Gasteiger partial charge in [-0.25, -0.2) is 13.2 Å². The predicted molar refractivity (Wildman–Crippen MR) is 95.0 cm³/mol. The lowest BCUT2D eigenvalue weighted by molar-refractivity contribution is 0.0694. The van der Waals surface area contributed by atoms with E-state index in [2.05, 4.69) is 5.32 Å². The Morgan fingerprint density at radius 1 is 1.19 bits per heavy atom. The number of unbranched alkanes of at least 4 members (excludes halogenated alkanes) is 1. The number of aryl methyl sites for hydroxylation is 1. The highest BCUT2D eigenvalue weighted by atomic mass is 32.2. The number of hydrogen-bond donors (Lipinski definition) is 2. The van der Waals surface area contributed by atoms with E-state index < -0.39 is 21.7 Å². The zero-order valence-electron chi connectivity index (χ0n) is 14.6. The molecule has 2 aromatic rings. The Bertz CT molecular complexity index is 896. The van der Waals surface area contributed by atoms with Gasteiger partial charge in [-0.1, -0.05) is 13.3 Å².